The summed E-state index contributed by atoms with van der Waals surface area (Å²) in [6, 6.07) is 0. The van der Waals surface area contributed by atoms with Crippen LogP contribution in [0.3, 0.4) is 0 Å². The van der Waals surface area contributed by atoms with Gasteiger partial charge in [-0.2, -0.15) is 0 Å². The van der Waals surface area contributed by atoms with Gasteiger partial charge >= 0.3 is 139 Å². The second-order valence-corrected chi connectivity index (χ2v) is 13.0. The number of rotatable bonds is 13. The van der Waals surface area contributed by atoms with Gasteiger partial charge < -0.3 is 0 Å². The number of unbranched alkanes of at least 4 members (excludes halogenated alkanes) is 5. The van der Waals surface area contributed by atoms with Crippen molar-refractivity contribution < 1.29 is 30.0 Å². The molecule has 0 aromatic rings. The van der Waals surface area contributed by atoms with Gasteiger partial charge in [-0.3, -0.25) is 0 Å². The van der Waals surface area contributed by atoms with Crippen LogP contribution < -0.4 is 0 Å². The Morgan fingerprint density at radius 1 is 0.619 bits per heavy atom. The Kier molecular flexibility index (Phi) is 12.7. The molecule has 0 aromatic heterocycles. The van der Waals surface area contributed by atoms with Gasteiger partial charge in [0.1, 0.15) is 0 Å². The fourth-order valence-electron chi connectivity index (χ4n) is 2.46. The maximum absolute atomic E-state index is 6.25. The third kappa shape index (κ3) is 11.9. The molecule has 0 aromatic carbocycles. The molecule has 0 heterocycles. The van der Waals surface area contributed by atoms with Crippen molar-refractivity contribution in [2.45, 2.75) is 109 Å². The minimum absolute atomic E-state index is 0.179. The van der Waals surface area contributed by atoms with Crippen molar-refractivity contribution in [3.05, 3.63) is 0 Å². The van der Waals surface area contributed by atoms with E-state index < -0.39 is 21.6 Å². The van der Waals surface area contributed by atoms with Crippen LogP contribution in [0.4, 0.5) is 0 Å². The van der Waals surface area contributed by atoms with Crippen LogP contribution in [0, 0.1) is 0 Å². The molecule has 0 rings (SSSR count). The SMILES string of the molecule is CCCCCCC[CH2][Zr]([O]C(C)C)([O]C(C)C)[O]C(C)C. The van der Waals surface area contributed by atoms with E-state index in [4.69, 9.17) is 8.44 Å². The summed E-state index contributed by atoms with van der Waals surface area (Å²) in [6.07, 6.45) is 8.29. The molecule has 0 spiro atoms. The Morgan fingerprint density at radius 2 is 1.00 bits per heavy atom. The van der Waals surface area contributed by atoms with Crippen LogP contribution in [-0.4, -0.2) is 18.3 Å². The quantitative estimate of drug-likeness (QED) is 0.369. The van der Waals surface area contributed by atoms with Gasteiger partial charge in [0.2, 0.25) is 0 Å². The van der Waals surface area contributed by atoms with Gasteiger partial charge in [-0.15, -0.1) is 0 Å². The van der Waals surface area contributed by atoms with E-state index in [0.717, 1.165) is 4.13 Å². The first kappa shape index (κ1) is 21.8. The summed E-state index contributed by atoms with van der Waals surface area (Å²) in [6.45, 7) is 14.8. The molecular formula is C17H38O3Zr. The molecule has 0 saturated heterocycles. The van der Waals surface area contributed by atoms with Crippen LogP contribution in [0.1, 0.15) is 87.0 Å². The van der Waals surface area contributed by atoms with Crippen molar-refractivity contribution in [2.75, 3.05) is 0 Å². The predicted octanol–water partition coefficient (Wildman–Crippen LogP) is 5.94. The van der Waals surface area contributed by atoms with Crippen molar-refractivity contribution in [1.82, 2.24) is 0 Å². The molecule has 4 heteroatoms. The topological polar surface area (TPSA) is 27.7 Å². The molecule has 0 unspecified atom stereocenters. The summed E-state index contributed by atoms with van der Waals surface area (Å²) < 4.78 is 19.8. The predicted molar refractivity (Wildman–Crippen MR) is 86.8 cm³/mol. The average molecular weight is 382 g/mol. The normalized spacial score (nSPS) is 12.9. The summed E-state index contributed by atoms with van der Waals surface area (Å²) in [5.74, 6) is 0. The maximum atomic E-state index is 6.25. The van der Waals surface area contributed by atoms with E-state index >= 15 is 0 Å². The van der Waals surface area contributed by atoms with Crippen LogP contribution in [0.5, 0.6) is 0 Å². The zero-order valence-electron chi connectivity index (χ0n) is 15.4. The first-order valence-electron chi connectivity index (χ1n) is 8.84. The van der Waals surface area contributed by atoms with Crippen LogP contribution in [0.25, 0.3) is 0 Å². The average Bonchev–Trinajstić information content (AvgIpc) is 2.30. The van der Waals surface area contributed by atoms with Gasteiger partial charge in [0.15, 0.2) is 0 Å². The van der Waals surface area contributed by atoms with E-state index in [1.54, 1.807) is 0 Å². The molecule has 0 atom stereocenters. The molecular weight excluding hydrogens is 343 g/mol. The van der Waals surface area contributed by atoms with E-state index in [1.165, 1.54) is 38.5 Å². The number of hydrogen-bond acceptors (Lipinski definition) is 3. The van der Waals surface area contributed by atoms with Crippen molar-refractivity contribution in [3.63, 3.8) is 0 Å². The molecule has 3 nitrogen and oxygen atoms in total. The third-order valence-electron chi connectivity index (χ3n) is 3.08. The Hall–Kier alpha value is 0.763. The van der Waals surface area contributed by atoms with E-state index in [0.29, 0.717) is 0 Å². The molecule has 0 N–H and O–H groups in total. The van der Waals surface area contributed by atoms with E-state index in [-0.39, 0.29) is 18.3 Å². The Morgan fingerprint density at radius 3 is 1.38 bits per heavy atom. The van der Waals surface area contributed by atoms with Crippen molar-refractivity contribution in [3.8, 4) is 0 Å². The van der Waals surface area contributed by atoms with E-state index in [9.17, 15) is 0 Å². The summed E-state index contributed by atoms with van der Waals surface area (Å²) in [5.41, 5.74) is 0. The van der Waals surface area contributed by atoms with Gasteiger partial charge in [0, 0.05) is 0 Å². The van der Waals surface area contributed by atoms with Crippen LogP contribution >= 0.6 is 0 Å². The van der Waals surface area contributed by atoms with Crippen molar-refractivity contribution >= 4 is 0 Å². The van der Waals surface area contributed by atoms with Crippen molar-refractivity contribution in [2.24, 2.45) is 0 Å². The zero-order valence-corrected chi connectivity index (χ0v) is 17.9. The second kappa shape index (κ2) is 12.2. The molecule has 0 aliphatic rings. The third-order valence-corrected chi connectivity index (χ3v) is 11.6. The minimum atomic E-state index is -3.41. The zero-order chi connectivity index (χ0) is 16.3. The molecule has 0 amide bonds. The molecule has 0 fully saturated rings. The Bertz CT molecular complexity index is 216. The monoisotopic (exact) mass is 380 g/mol. The molecule has 0 saturated carbocycles. The van der Waals surface area contributed by atoms with Crippen LogP contribution in [-0.2, 0) is 30.0 Å². The van der Waals surface area contributed by atoms with Gasteiger partial charge in [-0.05, 0) is 0 Å². The fraction of sp³-hybridized carbons (Fsp3) is 1.00. The van der Waals surface area contributed by atoms with E-state index in [1.807, 2.05) is 0 Å². The Balaban J connectivity index is 4.51. The molecule has 0 radical (unpaired) electrons. The van der Waals surface area contributed by atoms with Crippen LogP contribution in [0.15, 0.2) is 0 Å². The summed E-state index contributed by atoms with van der Waals surface area (Å²) >= 11 is -3.41. The molecule has 0 aliphatic carbocycles. The molecule has 128 valence electrons. The van der Waals surface area contributed by atoms with Gasteiger partial charge in [-0.25, -0.2) is 0 Å². The van der Waals surface area contributed by atoms with Gasteiger partial charge in [0.05, 0.1) is 0 Å². The second-order valence-electron chi connectivity index (χ2n) is 6.70. The summed E-state index contributed by atoms with van der Waals surface area (Å²) in [4.78, 5) is 0. The Labute approximate surface area is 139 Å². The van der Waals surface area contributed by atoms with Crippen LogP contribution in [0.2, 0.25) is 4.13 Å². The first-order valence-corrected chi connectivity index (χ1v) is 13.6. The molecule has 21 heavy (non-hydrogen) atoms. The van der Waals surface area contributed by atoms with E-state index in [2.05, 4.69) is 48.5 Å². The standard InChI is InChI=1S/C8H17.3C3H7O.Zr/c1-3-5-7-8-6-4-2;3*1-3(2)4;/h1,3-8H2,2H3;3*3H,1-2H3;/q;3*-1;+3. The number of hydrogen-bond donors (Lipinski definition) is 0. The van der Waals surface area contributed by atoms with Crippen molar-refractivity contribution in [1.29, 1.82) is 0 Å². The first-order chi connectivity index (χ1) is 9.81. The van der Waals surface area contributed by atoms with Gasteiger partial charge in [0.25, 0.3) is 0 Å². The fourth-order valence-corrected chi connectivity index (χ4v) is 10.7. The van der Waals surface area contributed by atoms with Gasteiger partial charge in [-0.1, -0.05) is 0 Å². The summed E-state index contributed by atoms with van der Waals surface area (Å²) in [7, 11) is 0. The molecule has 0 aliphatic heterocycles. The molecule has 0 bridgehead atoms. The summed E-state index contributed by atoms with van der Waals surface area (Å²) in [5, 5.41) is 0.